The first-order valence-corrected chi connectivity index (χ1v) is 6.94. The first kappa shape index (κ1) is 13.6. The summed E-state index contributed by atoms with van der Waals surface area (Å²) < 4.78 is 1.90. The van der Waals surface area contributed by atoms with Gasteiger partial charge in [-0.25, -0.2) is 9.83 Å². The average molecular weight is 304 g/mol. The molecule has 3 rings (SSSR count). The lowest BCUT2D eigenvalue weighted by molar-refractivity contribution is 0.629. The lowest BCUT2D eigenvalue weighted by Crippen LogP contribution is -2.47. The molecule has 0 N–H and O–H groups in total. The van der Waals surface area contributed by atoms with Crippen LogP contribution in [0.15, 0.2) is 18.6 Å². The Morgan fingerprint density at radius 3 is 2.57 bits per heavy atom. The molecule has 2 aromatic heterocycles. The Balaban J connectivity index is 1.78. The third-order valence-corrected chi connectivity index (χ3v) is 3.82. The van der Waals surface area contributed by atoms with E-state index < -0.39 is 0 Å². The van der Waals surface area contributed by atoms with E-state index in [1.807, 2.05) is 11.6 Å². The molecule has 2 aromatic rings. The SMILES string of the molecule is [C-]#[N+]c1ccnc(Cl)c1N1CCN(c2nncn2C)CC1. The molecule has 0 aromatic carbocycles. The minimum absolute atomic E-state index is 0.385. The number of piperazine rings is 1. The molecule has 21 heavy (non-hydrogen) atoms. The topological polar surface area (TPSA) is 54.4 Å². The maximum absolute atomic E-state index is 7.26. The van der Waals surface area contributed by atoms with Crippen molar-refractivity contribution in [1.29, 1.82) is 0 Å². The van der Waals surface area contributed by atoms with Crippen molar-refractivity contribution in [3.8, 4) is 0 Å². The van der Waals surface area contributed by atoms with Crippen LogP contribution in [0.2, 0.25) is 5.15 Å². The smallest absolute Gasteiger partial charge is 0.226 e. The van der Waals surface area contributed by atoms with Gasteiger partial charge in [0.2, 0.25) is 11.6 Å². The number of pyridine rings is 1. The first-order chi connectivity index (χ1) is 10.2. The van der Waals surface area contributed by atoms with Crippen LogP contribution in [0.3, 0.4) is 0 Å². The van der Waals surface area contributed by atoms with E-state index in [2.05, 4.69) is 29.8 Å². The molecule has 1 aliphatic rings. The van der Waals surface area contributed by atoms with Gasteiger partial charge in [0.05, 0.1) is 12.3 Å². The lowest BCUT2D eigenvalue weighted by atomic mass is 10.2. The van der Waals surface area contributed by atoms with Crippen LogP contribution >= 0.6 is 11.6 Å². The zero-order valence-electron chi connectivity index (χ0n) is 11.6. The largest absolute Gasteiger partial charge is 0.374 e. The van der Waals surface area contributed by atoms with E-state index in [1.165, 1.54) is 0 Å². The number of nitrogens with zero attached hydrogens (tertiary/aromatic N) is 7. The van der Waals surface area contributed by atoms with E-state index >= 15 is 0 Å². The quantitative estimate of drug-likeness (QED) is 0.625. The zero-order chi connectivity index (χ0) is 14.8. The Bertz CT molecular complexity index is 682. The fourth-order valence-corrected chi connectivity index (χ4v) is 2.77. The van der Waals surface area contributed by atoms with Crippen molar-refractivity contribution < 1.29 is 0 Å². The normalized spacial score (nSPS) is 15.1. The third kappa shape index (κ3) is 2.50. The van der Waals surface area contributed by atoms with Gasteiger partial charge in [-0.3, -0.25) is 0 Å². The summed E-state index contributed by atoms with van der Waals surface area (Å²) in [6.45, 7) is 10.4. The van der Waals surface area contributed by atoms with Crippen molar-refractivity contribution in [1.82, 2.24) is 19.7 Å². The van der Waals surface area contributed by atoms with Gasteiger partial charge in [0.25, 0.3) is 0 Å². The molecule has 0 amide bonds. The van der Waals surface area contributed by atoms with E-state index in [1.54, 1.807) is 18.6 Å². The van der Waals surface area contributed by atoms with E-state index in [4.69, 9.17) is 18.2 Å². The summed E-state index contributed by atoms with van der Waals surface area (Å²) in [5, 5.41) is 8.41. The summed E-state index contributed by atoms with van der Waals surface area (Å²) in [6.07, 6.45) is 3.26. The molecule has 0 radical (unpaired) electrons. The number of aryl methyl sites for hydroxylation is 1. The fraction of sp³-hybridized carbons (Fsp3) is 0.385. The summed E-state index contributed by atoms with van der Waals surface area (Å²) in [5.41, 5.74) is 1.27. The van der Waals surface area contributed by atoms with Gasteiger partial charge < -0.3 is 14.4 Å². The summed E-state index contributed by atoms with van der Waals surface area (Å²) in [7, 11) is 1.93. The zero-order valence-corrected chi connectivity index (χ0v) is 12.3. The van der Waals surface area contributed by atoms with Crippen LogP contribution in [0.4, 0.5) is 17.3 Å². The Hall–Kier alpha value is -2.33. The van der Waals surface area contributed by atoms with Gasteiger partial charge in [-0.05, 0) is 6.07 Å². The van der Waals surface area contributed by atoms with Gasteiger partial charge in [0, 0.05) is 39.4 Å². The Morgan fingerprint density at radius 1 is 1.24 bits per heavy atom. The predicted octanol–water partition coefficient (Wildman–Crippen LogP) is 1.74. The Kier molecular flexibility index (Phi) is 3.62. The van der Waals surface area contributed by atoms with Crippen LogP contribution in [0.1, 0.15) is 0 Å². The Morgan fingerprint density at radius 2 is 1.95 bits per heavy atom. The summed E-state index contributed by atoms with van der Waals surface area (Å²) in [6, 6.07) is 1.70. The second kappa shape index (κ2) is 5.58. The summed E-state index contributed by atoms with van der Waals surface area (Å²) >= 11 is 6.17. The van der Waals surface area contributed by atoms with Crippen LogP contribution in [0, 0.1) is 6.57 Å². The monoisotopic (exact) mass is 303 g/mol. The van der Waals surface area contributed by atoms with Crippen LogP contribution < -0.4 is 9.80 Å². The molecule has 108 valence electrons. The highest BCUT2D eigenvalue weighted by molar-refractivity contribution is 6.32. The summed E-state index contributed by atoms with van der Waals surface area (Å²) in [4.78, 5) is 11.9. The molecule has 0 aliphatic carbocycles. The van der Waals surface area contributed by atoms with Crippen molar-refractivity contribution >= 4 is 28.9 Å². The molecule has 1 fully saturated rings. The maximum atomic E-state index is 7.26. The highest BCUT2D eigenvalue weighted by Gasteiger charge is 2.23. The van der Waals surface area contributed by atoms with Gasteiger partial charge in [-0.1, -0.05) is 11.6 Å². The predicted molar refractivity (Wildman–Crippen MR) is 80.9 cm³/mol. The molecule has 1 saturated heterocycles. The minimum Gasteiger partial charge on any atom is -0.374 e. The van der Waals surface area contributed by atoms with Crippen LogP contribution in [-0.2, 0) is 7.05 Å². The van der Waals surface area contributed by atoms with Crippen molar-refractivity contribution in [2.75, 3.05) is 36.0 Å². The van der Waals surface area contributed by atoms with Gasteiger partial charge in [-0.2, -0.15) is 0 Å². The van der Waals surface area contributed by atoms with Crippen molar-refractivity contribution in [2.24, 2.45) is 7.05 Å². The molecular weight excluding hydrogens is 290 g/mol. The van der Waals surface area contributed by atoms with Gasteiger partial charge in [0.15, 0.2) is 0 Å². The third-order valence-electron chi connectivity index (χ3n) is 3.54. The van der Waals surface area contributed by atoms with E-state index in [9.17, 15) is 0 Å². The van der Waals surface area contributed by atoms with Crippen LogP contribution in [0.25, 0.3) is 4.85 Å². The molecule has 0 spiro atoms. The number of aromatic nitrogens is 4. The molecule has 1 aliphatic heterocycles. The first-order valence-electron chi connectivity index (χ1n) is 6.56. The fourth-order valence-electron chi connectivity index (χ4n) is 2.50. The van der Waals surface area contributed by atoms with Crippen LogP contribution in [0.5, 0.6) is 0 Å². The van der Waals surface area contributed by atoms with Crippen molar-refractivity contribution in [3.63, 3.8) is 0 Å². The second-order valence-electron chi connectivity index (χ2n) is 4.80. The highest BCUT2D eigenvalue weighted by atomic mass is 35.5. The molecular formula is C13H14ClN7. The Labute approximate surface area is 127 Å². The lowest BCUT2D eigenvalue weighted by Gasteiger charge is -2.36. The molecule has 0 saturated carbocycles. The number of hydrogen-bond acceptors (Lipinski definition) is 5. The molecule has 3 heterocycles. The maximum Gasteiger partial charge on any atom is 0.226 e. The number of hydrogen-bond donors (Lipinski definition) is 0. The number of halogens is 1. The van der Waals surface area contributed by atoms with Gasteiger partial charge >= 0.3 is 0 Å². The molecule has 0 unspecified atom stereocenters. The molecule has 7 nitrogen and oxygen atoms in total. The molecule has 0 atom stereocenters. The van der Waals surface area contributed by atoms with E-state index in [-0.39, 0.29) is 0 Å². The number of anilines is 2. The standard InChI is InChI=1S/C13H14ClN7/c1-15-10-3-4-16-12(14)11(10)20-5-7-21(8-6-20)13-18-17-9-19(13)2/h3-4,9H,5-8H2,2H3. The summed E-state index contributed by atoms with van der Waals surface area (Å²) in [5.74, 6) is 0.859. The second-order valence-corrected chi connectivity index (χ2v) is 5.16. The van der Waals surface area contributed by atoms with Gasteiger partial charge in [-0.15, -0.1) is 10.2 Å². The van der Waals surface area contributed by atoms with E-state index in [0.717, 1.165) is 37.8 Å². The highest BCUT2D eigenvalue weighted by Crippen LogP contribution is 2.35. The molecule has 8 heteroatoms. The number of rotatable bonds is 2. The van der Waals surface area contributed by atoms with Gasteiger partial charge in [0.1, 0.15) is 11.5 Å². The minimum atomic E-state index is 0.385. The van der Waals surface area contributed by atoms with Crippen molar-refractivity contribution in [2.45, 2.75) is 0 Å². The van der Waals surface area contributed by atoms with E-state index in [0.29, 0.717) is 10.8 Å². The van der Waals surface area contributed by atoms with Crippen LogP contribution in [-0.4, -0.2) is 45.9 Å². The van der Waals surface area contributed by atoms with Crippen molar-refractivity contribution in [3.05, 3.63) is 35.2 Å². The average Bonchev–Trinajstić information content (AvgIpc) is 2.93. The molecule has 0 bridgehead atoms.